The fraction of sp³-hybridized carbons (Fsp3) is 0.533. The van der Waals surface area contributed by atoms with Gasteiger partial charge in [-0.2, -0.15) is 0 Å². The van der Waals surface area contributed by atoms with Gasteiger partial charge in [-0.3, -0.25) is 14.6 Å². The summed E-state index contributed by atoms with van der Waals surface area (Å²) in [4.78, 5) is 27.8. The number of pyridine rings is 1. The Labute approximate surface area is 125 Å². The molecule has 0 spiro atoms. The standard InChI is InChI=1S/C15H23N3O3/c1-11(2)4-5-17-14(19)12-8-13(10-16-9-12)15(20)18-6-7-21-3/h8-11H,4-7H2,1-3H3,(H,17,19)(H,18,20). The third kappa shape index (κ3) is 6.35. The van der Waals surface area contributed by atoms with Gasteiger partial charge in [0.15, 0.2) is 0 Å². The van der Waals surface area contributed by atoms with Crippen LogP contribution in [-0.4, -0.2) is 43.6 Å². The predicted octanol–water partition coefficient (Wildman–Crippen LogP) is 1.23. The molecule has 0 aromatic carbocycles. The van der Waals surface area contributed by atoms with Crippen LogP contribution in [0.2, 0.25) is 0 Å². The van der Waals surface area contributed by atoms with E-state index in [0.717, 1.165) is 6.42 Å². The lowest BCUT2D eigenvalue weighted by molar-refractivity contribution is 0.0936. The molecule has 0 unspecified atom stereocenters. The van der Waals surface area contributed by atoms with Crippen molar-refractivity contribution in [1.29, 1.82) is 0 Å². The van der Waals surface area contributed by atoms with Crippen LogP contribution < -0.4 is 10.6 Å². The van der Waals surface area contributed by atoms with Gasteiger partial charge in [0.1, 0.15) is 0 Å². The van der Waals surface area contributed by atoms with Crippen molar-refractivity contribution in [1.82, 2.24) is 15.6 Å². The van der Waals surface area contributed by atoms with E-state index in [1.807, 2.05) is 0 Å². The Morgan fingerprint density at radius 1 is 1.14 bits per heavy atom. The second kappa shape index (κ2) is 9.07. The number of carbonyl (C=O) groups excluding carboxylic acids is 2. The average molecular weight is 293 g/mol. The van der Waals surface area contributed by atoms with Crippen LogP contribution in [0.1, 0.15) is 41.0 Å². The first-order valence-corrected chi connectivity index (χ1v) is 7.05. The molecule has 0 fully saturated rings. The van der Waals surface area contributed by atoms with Gasteiger partial charge in [0.05, 0.1) is 17.7 Å². The van der Waals surface area contributed by atoms with E-state index >= 15 is 0 Å². The van der Waals surface area contributed by atoms with Crippen molar-refractivity contribution in [2.45, 2.75) is 20.3 Å². The third-order valence-electron chi connectivity index (χ3n) is 2.86. The van der Waals surface area contributed by atoms with Crippen molar-refractivity contribution in [2.24, 2.45) is 5.92 Å². The van der Waals surface area contributed by atoms with Gasteiger partial charge in [-0.25, -0.2) is 0 Å². The Morgan fingerprint density at radius 2 is 1.71 bits per heavy atom. The monoisotopic (exact) mass is 293 g/mol. The molecule has 6 nitrogen and oxygen atoms in total. The Morgan fingerprint density at radius 3 is 2.24 bits per heavy atom. The molecule has 21 heavy (non-hydrogen) atoms. The summed E-state index contributed by atoms with van der Waals surface area (Å²) in [5.41, 5.74) is 0.751. The predicted molar refractivity (Wildman–Crippen MR) is 80.2 cm³/mol. The highest BCUT2D eigenvalue weighted by atomic mass is 16.5. The number of ether oxygens (including phenoxy) is 1. The van der Waals surface area contributed by atoms with Crippen LogP contribution in [0.25, 0.3) is 0 Å². The van der Waals surface area contributed by atoms with Crippen LogP contribution in [0.4, 0.5) is 0 Å². The summed E-state index contributed by atoms with van der Waals surface area (Å²) in [6, 6.07) is 1.54. The first-order valence-electron chi connectivity index (χ1n) is 7.05. The van der Waals surface area contributed by atoms with Crippen molar-refractivity contribution in [3.8, 4) is 0 Å². The molecule has 1 rings (SSSR count). The van der Waals surface area contributed by atoms with Gasteiger partial charge in [0, 0.05) is 32.6 Å². The minimum atomic E-state index is -0.267. The SMILES string of the molecule is COCCNC(=O)c1cncc(C(=O)NCCC(C)C)c1. The van der Waals surface area contributed by atoms with Crippen LogP contribution in [0.3, 0.4) is 0 Å². The number of rotatable bonds is 8. The summed E-state index contributed by atoms with van der Waals surface area (Å²) in [7, 11) is 1.57. The van der Waals surface area contributed by atoms with Crippen molar-refractivity contribution in [2.75, 3.05) is 26.8 Å². The average Bonchev–Trinajstić information content (AvgIpc) is 2.47. The summed E-state index contributed by atoms with van der Waals surface area (Å²) in [5, 5.41) is 5.51. The minimum absolute atomic E-state index is 0.213. The first kappa shape index (κ1) is 17.1. The Balaban J connectivity index is 2.58. The molecule has 2 amide bonds. The summed E-state index contributed by atoms with van der Waals surface area (Å²) in [6.07, 6.45) is 3.81. The zero-order valence-electron chi connectivity index (χ0n) is 12.8. The van der Waals surface area contributed by atoms with Gasteiger partial charge >= 0.3 is 0 Å². The number of nitrogens with one attached hydrogen (secondary N) is 2. The molecule has 1 aromatic rings. The van der Waals surface area contributed by atoms with Gasteiger partial charge in [-0.15, -0.1) is 0 Å². The van der Waals surface area contributed by atoms with Crippen molar-refractivity contribution in [3.63, 3.8) is 0 Å². The Bertz CT molecular complexity index is 475. The van der Waals surface area contributed by atoms with E-state index in [4.69, 9.17) is 4.74 Å². The minimum Gasteiger partial charge on any atom is -0.383 e. The number of carbonyl (C=O) groups is 2. The van der Waals surface area contributed by atoms with Crippen molar-refractivity contribution < 1.29 is 14.3 Å². The lowest BCUT2D eigenvalue weighted by atomic mass is 10.1. The van der Waals surface area contributed by atoms with E-state index in [-0.39, 0.29) is 11.8 Å². The van der Waals surface area contributed by atoms with E-state index in [2.05, 4.69) is 29.5 Å². The molecule has 0 saturated carbocycles. The summed E-state index contributed by atoms with van der Waals surface area (Å²) in [5.74, 6) is 0.0485. The summed E-state index contributed by atoms with van der Waals surface area (Å²) >= 11 is 0. The number of methoxy groups -OCH3 is 1. The van der Waals surface area contributed by atoms with E-state index in [9.17, 15) is 9.59 Å². The fourth-order valence-electron chi connectivity index (χ4n) is 1.63. The van der Waals surface area contributed by atoms with Crippen LogP contribution >= 0.6 is 0 Å². The highest BCUT2D eigenvalue weighted by molar-refractivity contribution is 5.99. The lowest BCUT2D eigenvalue weighted by Crippen LogP contribution is -2.28. The maximum atomic E-state index is 12.0. The molecule has 2 N–H and O–H groups in total. The van der Waals surface area contributed by atoms with Crippen LogP contribution in [0.15, 0.2) is 18.5 Å². The van der Waals surface area contributed by atoms with Crippen LogP contribution in [-0.2, 0) is 4.74 Å². The van der Waals surface area contributed by atoms with E-state index in [1.54, 1.807) is 13.2 Å². The van der Waals surface area contributed by atoms with Crippen LogP contribution in [0.5, 0.6) is 0 Å². The topological polar surface area (TPSA) is 80.3 Å². The smallest absolute Gasteiger partial charge is 0.252 e. The van der Waals surface area contributed by atoms with Crippen molar-refractivity contribution >= 4 is 11.8 Å². The molecule has 0 radical (unpaired) electrons. The molecule has 0 aliphatic carbocycles. The molecule has 0 aliphatic rings. The van der Waals surface area contributed by atoms with Gasteiger partial charge < -0.3 is 15.4 Å². The molecular formula is C15H23N3O3. The highest BCUT2D eigenvalue weighted by Gasteiger charge is 2.11. The van der Waals surface area contributed by atoms with Gasteiger partial charge in [0.25, 0.3) is 11.8 Å². The molecule has 0 aliphatic heterocycles. The molecule has 1 heterocycles. The second-order valence-corrected chi connectivity index (χ2v) is 5.15. The quantitative estimate of drug-likeness (QED) is 0.707. The third-order valence-corrected chi connectivity index (χ3v) is 2.86. The number of aromatic nitrogens is 1. The van der Waals surface area contributed by atoms with Gasteiger partial charge in [-0.1, -0.05) is 13.8 Å². The zero-order chi connectivity index (χ0) is 15.7. The number of hydrogen-bond acceptors (Lipinski definition) is 4. The van der Waals surface area contributed by atoms with Crippen molar-refractivity contribution in [3.05, 3.63) is 29.6 Å². The molecule has 0 saturated heterocycles. The second-order valence-electron chi connectivity index (χ2n) is 5.15. The molecule has 0 atom stereocenters. The van der Waals surface area contributed by atoms with Crippen LogP contribution in [0, 0.1) is 5.92 Å². The fourth-order valence-corrected chi connectivity index (χ4v) is 1.63. The Hall–Kier alpha value is -1.95. The van der Waals surface area contributed by atoms with Gasteiger partial charge in [-0.05, 0) is 18.4 Å². The highest BCUT2D eigenvalue weighted by Crippen LogP contribution is 2.04. The molecular weight excluding hydrogens is 270 g/mol. The van der Waals surface area contributed by atoms with E-state index in [1.165, 1.54) is 12.4 Å². The lowest BCUT2D eigenvalue weighted by Gasteiger charge is -2.08. The Kier molecular flexibility index (Phi) is 7.39. The number of nitrogens with zero attached hydrogens (tertiary/aromatic N) is 1. The van der Waals surface area contributed by atoms with Gasteiger partial charge in [0.2, 0.25) is 0 Å². The molecule has 6 heteroatoms. The molecule has 0 bridgehead atoms. The maximum absolute atomic E-state index is 12.0. The summed E-state index contributed by atoms with van der Waals surface area (Å²) in [6.45, 7) is 5.66. The maximum Gasteiger partial charge on any atom is 0.252 e. The van der Waals surface area contributed by atoms with E-state index < -0.39 is 0 Å². The first-order chi connectivity index (χ1) is 10.0. The van der Waals surface area contributed by atoms with E-state index in [0.29, 0.717) is 36.7 Å². The molecule has 1 aromatic heterocycles. The zero-order valence-corrected chi connectivity index (χ0v) is 12.8. The largest absolute Gasteiger partial charge is 0.383 e. The normalized spacial score (nSPS) is 10.5. The summed E-state index contributed by atoms with van der Waals surface area (Å²) < 4.78 is 4.86. The number of hydrogen-bond donors (Lipinski definition) is 2. The number of amides is 2. The molecule has 116 valence electrons.